The molecule has 3 aromatic rings. The summed E-state index contributed by atoms with van der Waals surface area (Å²) in [6, 6.07) is 9.41. The van der Waals surface area contributed by atoms with Crippen molar-refractivity contribution in [3.05, 3.63) is 58.9 Å². The number of aryl methyl sites for hydroxylation is 1. The lowest BCUT2D eigenvalue weighted by Gasteiger charge is -2.32. The van der Waals surface area contributed by atoms with Crippen LogP contribution in [0.5, 0.6) is 23.3 Å². The van der Waals surface area contributed by atoms with Crippen molar-refractivity contribution in [2.45, 2.75) is 44.7 Å². The van der Waals surface area contributed by atoms with E-state index >= 15 is 0 Å². The van der Waals surface area contributed by atoms with Crippen LogP contribution in [0, 0.1) is 16.0 Å². The molecule has 0 N–H and O–H groups in total. The first-order valence-corrected chi connectivity index (χ1v) is 12.9. The fourth-order valence-electron chi connectivity index (χ4n) is 4.70. The summed E-state index contributed by atoms with van der Waals surface area (Å²) in [6.07, 6.45) is 1.53. The van der Waals surface area contributed by atoms with Gasteiger partial charge < -0.3 is 34.0 Å². The van der Waals surface area contributed by atoms with Gasteiger partial charge in [-0.1, -0.05) is 0 Å². The molecule has 2 aliphatic heterocycles. The molecule has 0 aliphatic carbocycles. The molecular formula is C26H28F3N5O6. The molecular weight excluding hydrogens is 535 g/mol. The smallest absolute Gasteiger partial charge is 0.494 e. The number of ether oxygens (including phenoxy) is 4. The highest BCUT2D eigenvalue weighted by atomic mass is 19.4. The van der Waals surface area contributed by atoms with E-state index < -0.39 is 11.3 Å². The van der Waals surface area contributed by atoms with E-state index in [-0.39, 0.29) is 30.3 Å². The number of alkyl halides is 3. The number of piperidine rings is 1. The Balaban J connectivity index is 1.01. The van der Waals surface area contributed by atoms with Crippen LogP contribution in [-0.4, -0.2) is 58.2 Å². The molecule has 5 rings (SSSR count). The predicted molar refractivity (Wildman–Crippen MR) is 136 cm³/mol. The molecule has 0 unspecified atom stereocenters. The van der Waals surface area contributed by atoms with E-state index in [1.165, 1.54) is 30.5 Å². The lowest BCUT2D eigenvalue weighted by atomic mass is 9.94. The molecule has 1 saturated heterocycles. The zero-order chi connectivity index (χ0) is 28.1. The molecule has 0 amide bonds. The number of imidazole rings is 1. The number of rotatable bonds is 10. The largest absolute Gasteiger partial charge is 0.573 e. The van der Waals surface area contributed by atoms with E-state index in [9.17, 15) is 23.3 Å². The molecule has 11 nitrogen and oxygen atoms in total. The number of nitro groups is 1. The van der Waals surface area contributed by atoms with Crippen molar-refractivity contribution >= 4 is 11.6 Å². The fraction of sp³-hybridized carbons (Fsp3) is 0.462. The lowest BCUT2D eigenvalue weighted by Crippen LogP contribution is -2.34. The Hall–Kier alpha value is -4.23. The summed E-state index contributed by atoms with van der Waals surface area (Å²) in [5, 5.41) is 10.9. The number of fused-ring (bicyclic) bond motifs is 1. The van der Waals surface area contributed by atoms with Crippen molar-refractivity contribution in [2.75, 3.05) is 31.2 Å². The maximum absolute atomic E-state index is 12.3. The SMILES string of the molecule is O=[N+]([O-])c1cn2c(n1)O[C@@H](COc1ccc(N3CCC(CCOc4ccc(OC(F)(F)F)cc4)CC3)nc1)CC2. The molecule has 1 atom stereocenters. The highest BCUT2D eigenvalue weighted by Gasteiger charge is 2.31. The highest BCUT2D eigenvalue weighted by molar-refractivity contribution is 5.41. The van der Waals surface area contributed by atoms with Gasteiger partial charge in [0, 0.05) is 31.0 Å². The second-order valence-corrected chi connectivity index (χ2v) is 9.61. The number of pyridine rings is 1. The summed E-state index contributed by atoms with van der Waals surface area (Å²) < 4.78 is 59.6. The van der Waals surface area contributed by atoms with E-state index in [2.05, 4.69) is 19.6 Å². The van der Waals surface area contributed by atoms with E-state index in [1.807, 2.05) is 12.1 Å². The van der Waals surface area contributed by atoms with Gasteiger partial charge in [-0.2, -0.15) is 0 Å². The van der Waals surface area contributed by atoms with Crippen molar-refractivity contribution in [3.8, 4) is 23.3 Å². The van der Waals surface area contributed by atoms with Crippen molar-refractivity contribution in [1.29, 1.82) is 0 Å². The zero-order valence-electron chi connectivity index (χ0n) is 21.5. The van der Waals surface area contributed by atoms with Crippen LogP contribution in [-0.2, 0) is 6.54 Å². The molecule has 40 heavy (non-hydrogen) atoms. The number of benzene rings is 1. The third kappa shape index (κ3) is 7.24. The monoisotopic (exact) mass is 563 g/mol. The summed E-state index contributed by atoms with van der Waals surface area (Å²) in [5.74, 6) is 1.95. The molecule has 1 aromatic carbocycles. The topological polar surface area (TPSA) is 114 Å². The predicted octanol–water partition coefficient (Wildman–Crippen LogP) is 5.00. The van der Waals surface area contributed by atoms with Crippen LogP contribution in [0.1, 0.15) is 25.7 Å². The van der Waals surface area contributed by atoms with Crippen LogP contribution < -0.4 is 23.8 Å². The van der Waals surface area contributed by atoms with Gasteiger partial charge in [0.15, 0.2) is 0 Å². The minimum atomic E-state index is -4.71. The molecule has 2 aromatic heterocycles. The lowest BCUT2D eigenvalue weighted by molar-refractivity contribution is -0.389. The van der Waals surface area contributed by atoms with Crippen LogP contribution in [0.4, 0.5) is 24.8 Å². The Morgan fingerprint density at radius 1 is 1.00 bits per heavy atom. The summed E-state index contributed by atoms with van der Waals surface area (Å²) >= 11 is 0. The van der Waals surface area contributed by atoms with Crippen LogP contribution >= 0.6 is 0 Å². The Bertz CT molecular complexity index is 1280. The van der Waals surface area contributed by atoms with Gasteiger partial charge in [0.25, 0.3) is 0 Å². The van der Waals surface area contributed by atoms with Crippen molar-refractivity contribution < 1.29 is 37.0 Å². The van der Waals surface area contributed by atoms with Gasteiger partial charge >= 0.3 is 18.2 Å². The second-order valence-electron chi connectivity index (χ2n) is 9.61. The fourth-order valence-corrected chi connectivity index (χ4v) is 4.70. The Morgan fingerprint density at radius 2 is 1.73 bits per heavy atom. The highest BCUT2D eigenvalue weighted by Crippen LogP contribution is 2.28. The zero-order valence-corrected chi connectivity index (χ0v) is 21.5. The van der Waals surface area contributed by atoms with Crippen molar-refractivity contribution in [1.82, 2.24) is 14.5 Å². The summed E-state index contributed by atoms with van der Waals surface area (Å²) in [4.78, 5) is 21.0. The van der Waals surface area contributed by atoms with Gasteiger partial charge in [0.05, 0.1) is 12.8 Å². The van der Waals surface area contributed by atoms with E-state index in [0.717, 1.165) is 38.2 Å². The molecule has 1 fully saturated rings. The van der Waals surface area contributed by atoms with Gasteiger partial charge in [-0.3, -0.25) is 4.57 Å². The Kier molecular flexibility index (Phi) is 8.12. The third-order valence-electron chi connectivity index (χ3n) is 6.83. The summed E-state index contributed by atoms with van der Waals surface area (Å²) in [6.45, 7) is 3.04. The van der Waals surface area contributed by atoms with Crippen molar-refractivity contribution in [3.63, 3.8) is 0 Å². The third-order valence-corrected chi connectivity index (χ3v) is 6.83. The maximum atomic E-state index is 12.3. The second kappa shape index (κ2) is 11.9. The molecule has 0 saturated carbocycles. The molecule has 0 bridgehead atoms. The van der Waals surface area contributed by atoms with E-state index in [0.29, 0.717) is 37.0 Å². The summed E-state index contributed by atoms with van der Waals surface area (Å²) in [7, 11) is 0. The van der Waals surface area contributed by atoms with Gasteiger partial charge in [-0.05, 0) is 66.5 Å². The molecule has 214 valence electrons. The minimum Gasteiger partial charge on any atom is -0.494 e. The van der Waals surface area contributed by atoms with E-state index in [1.54, 1.807) is 10.8 Å². The van der Waals surface area contributed by atoms with Gasteiger partial charge in [-0.15, -0.1) is 13.2 Å². The van der Waals surface area contributed by atoms with Gasteiger partial charge in [-0.25, -0.2) is 4.98 Å². The van der Waals surface area contributed by atoms with Gasteiger partial charge in [0.2, 0.25) is 0 Å². The van der Waals surface area contributed by atoms with Crippen LogP contribution in [0.25, 0.3) is 0 Å². The number of aromatic nitrogens is 3. The number of nitrogens with zero attached hydrogens (tertiary/aromatic N) is 5. The average Bonchev–Trinajstić information content (AvgIpc) is 3.37. The molecule has 14 heteroatoms. The Morgan fingerprint density at radius 3 is 2.40 bits per heavy atom. The molecule has 4 heterocycles. The number of anilines is 1. The first-order valence-electron chi connectivity index (χ1n) is 12.9. The first-order chi connectivity index (χ1) is 19.2. The first kappa shape index (κ1) is 27.3. The van der Waals surface area contributed by atoms with E-state index in [4.69, 9.17) is 14.2 Å². The minimum absolute atomic E-state index is 0.226. The normalized spacial score (nSPS) is 17.6. The maximum Gasteiger partial charge on any atom is 0.573 e. The summed E-state index contributed by atoms with van der Waals surface area (Å²) in [5.41, 5.74) is 0. The van der Waals surface area contributed by atoms with Crippen LogP contribution in [0.2, 0.25) is 0 Å². The molecule has 0 spiro atoms. The quantitative estimate of drug-likeness (QED) is 0.248. The van der Waals surface area contributed by atoms with Gasteiger partial charge in [0.1, 0.15) is 42.0 Å². The van der Waals surface area contributed by atoms with Crippen molar-refractivity contribution in [2.24, 2.45) is 5.92 Å². The number of hydrogen-bond acceptors (Lipinski definition) is 9. The molecule has 2 aliphatic rings. The van der Waals surface area contributed by atoms with Crippen LogP contribution in [0.3, 0.4) is 0 Å². The molecule has 0 radical (unpaired) electrons. The Labute approximate surface area is 227 Å². The standard InChI is InChI=1S/C26H28F3N5O6/c27-26(28,29)40-20-3-1-19(2-4-20)37-14-10-18-7-11-32(12-8-18)23-6-5-21(15-30-23)38-17-22-9-13-33-16-24(34(35)36)31-25(33)39-22/h1-6,15-16,18,22H,7-14,17H2/t22-/m1/s1. The average molecular weight is 564 g/mol. The van der Waals surface area contributed by atoms with Crippen LogP contribution in [0.15, 0.2) is 48.8 Å². The number of halogens is 3. The number of hydrogen-bond donors (Lipinski definition) is 0.